The zero-order valence-electron chi connectivity index (χ0n) is 18.1. The molecule has 0 fully saturated rings. The fourth-order valence-electron chi connectivity index (χ4n) is 2.82. The Morgan fingerprint density at radius 1 is 0.969 bits per heavy atom. The topological polar surface area (TPSA) is 107 Å². The van der Waals surface area contributed by atoms with Crippen molar-refractivity contribution in [1.29, 1.82) is 0 Å². The highest BCUT2D eigenvalue weighted by atomic mass is 32.2. The zero-order chi connectivity index (χ0) is 22.9. The number of hydrogen-bond donors (Lipinski definition) is 2. The maximum Gasteiger partial charge on any atom is 0.251 e. The van der Waals surface area contributed by atoms with Gasteiger partial charge in [0, 0.05) is 31.3 Å². The quantitative estimate of drug-likeness (QED) is 0.452. The molecule has 0 saturated heterocycles. The summed E-state index contributed by atoms with van der Waals surface area (Å²) in [6.45, 7) is 0.416. The Labute approximate surface area is 190 Å². The van der Waals surface area contributed by atoms with E-state index in [-0.39, 0.29) is 17.6 Å². The van der Waals surface area contributed by atoms with Gasteiger partial charge in [-0.15, -0.1) is 10.2 Å². The number of methoxy groups -OCH3 is 2. The third-order valence-electron chi connectivity index (χ3n) is 4.62. The lowest BCUT2D eigenvalue weighted by molar-refractivity contribution is -0.113. The van der Waals surface area contributed by atoms with Crippen molar-refractivity contribution in [2.75, 3.05) is 31.8 Å². The predicted molar refractivity (Wildman–Crippen MR) is 122 cm³/mol. The van der Waals surface area contributed by atoms with Crippen LogP contribution < -0.4 is 20.1 Å². The zero-order valence-corrected chi connectivity index (χ0v) is 18.9. The summed E-state index contributed by atoms with van der Waals surface area (Å²) in [5.41, 5.74) is 1.26. The van der Waals surface area contributed by atoms with Crippen LogP contribution in [0.1, 0.15) is 16.2 Å². The van der Waals surface area contributed by atoms with Crippen LogP contribution in [0, 0.1) is 0 Å². The van der Waals surface area contributed by atoms with E-state index in [1.807, 2.05) is 11.6 Å². The van der Waals surface area contributed by atoms with Crippen molar-refractivity contribution in [3.63, 3.8) is 0 Å². The molecule has 3 rings (SSSR count). The summed E-state index contributed by atoms with van der Waals surface area (Å²) in [5.74, 6) is 2.04. The predicted octanol–water partition coefficient (Wildman–Crippen LogP) is 2.54. The number of nitrogens with one attached hydrogen (secondary N) is 2. The number of hydrogen-bond acceptors (Lipinski definition) is 7. The van der Waals surface area contributed by atoms with Crippen LogP contribution in [0.4, 0.5) is 5.69 Å². The number of nitrogens with zero attached hydrogens (tertiary/aromatic N) is 3. The minimum Gasteiger partial charge on any atom is -0.497 e. The second kappa shape index (κ2) is 11.2. The number of thioether (sulfide) groups is 1. The lowest BCUT2D eigenvalue weighted by Gasteiger charge is -2.07. The number of amides is 2. The van der Waals surface area contributed by atoms with Gasteiger partial charge in [0.05, 0.1) is 20.0 Å². The van der Waals surface area contributed by atoms with Crippen molar-refractivity contribution in [1.82, 2.24) is 20.1 Å². The summed E-state index contributed by atoms with van der Waals surface area (Å²) >= 11 is 1.30. The minimum atomic E-state index is -0.167. The monoisotopic (exact) mass is 455 g/mol. The highest BCUT2D eigenvalue weighted by molar-refractivity contribution is 7.99. The van der Waals surface area contributed by atoms with E-state index in [4.69, 9.17) is 9.47 Å². The van der Waals surface area contributed by atoms with Crippen LogP contribution >= 0.6 is 11.8 Å². The minimum absolute atomic E-state index is 0.142. The standard InChI is InChI=1S/C22H25N5O4S/c1-27-19(12-13-23-21(29)15-4-8-17(30-2)9-5-15)25-26-22(27)32-14-20(28)24-16-6-10-18(31-3)11-7-16/h4-11H,12-14H2,1-3H3,(H,23,29)(H,24,28). The molecule has 2 amide bonds. The van der Waals surface area contributed by atoms with Crippen LogP contribution in [-0.2, 0) is 18.3 Å². The third kappa shape index (κ3) is 6.24. The Morgan fingerprint density at radius 2 is 1.59 bits per heavy atom. The number of carbonyl (C=O) groups is 2. The SMILES string of the molecule is COc1ccc(NC(=O)CSc2nnc(CCNC(=O)c3ccc(OC)cc3)n2C)cc1. The second-order valence-electron chi connectivity index (χ2n) is 6.76. The van der Waals surface area contributed by atoms with Crippen LogP contribution in [0.25, 0.3) is 0 Å². The van der Waals surface area contributed by atoms with E-state index >= 15 is 0 Å². The molecule has 0 spiro atoms. The second-order valence-corrected chi connectivity index (χ2v) is 7.70. The van der Waals surface area contributed by atoms with Gasteiger partial charge in [-0.25, -0.2) is 0 Å². The number of aromatic nitrogens is 3. The van der Waals surface area contributed by atoms with Crippen LogP contribution in [0.3, 0.4) is 0 Å². The molecule has 0 saturated carbocycles. The van der Waals surface area contributed by atoms with Gasteiger partial charge in [-0.1, -0.05) is 11.8 Å². The van der Waals surface area contributed by atoms with Crippen molar-refractivity contribution in [2.24, 2.45) is 7.05 Å². The van der Waals surface area contributed by atoms with Crippen molar-refractivity contribution in [2.45, 2.75) is 11.6 Å². The van der Waals surface area contributed by atoms with Gasteiger partial charge in [0.25, 0.3) is 5.91 Å². The van der Waals surface area contributed by atoms with Gasteiger partial charge in [0.1, 0.15) is 17.3 Å². The summed E-state index contributed by atoms with van der Waals surface area (Å²) < 4.78 is 12.0. The molecule has 2 aromatic carbocycles. The van der Waals surface area contributed by atoms with Crippen LogP contribution in [0.15, 0.2) is 53.7 Å². The highest BCUT2D eigenvalue weighted by Crippen LogP contribution is 2.18. The van der Waals surface area contributed by atoms with Gasteiger partial charge in [0.2, 0.25) is 5.91 Å². The van der Waals surface area contributed by atoms with Gasteiger partial charge in [0.15, 0.2) is 5.16 Å². The average Bonchev–Trinajstić information content (AvgIpc) is 3.17. The van der Waals surface area contributed by atoms with E-state index in [2.05, 4.69) is 20.8 Å². The van der Waals surface area contributed by atoms with E-state index in [9.17, 15) is 9.59 Å². The Morgan fingerprint density at radius 3 is 2.22 bits per heavy atom. The Bertz CT molecular complexity index is 1050. The number of rotatable bonds is 10. The van der Waals surface area contributed by atoms with Gasteiger partial charge in [-0.05, 0) is 48.5 Å². The van der Waals surface area contributed by atoms with E-state index < -0.39 is 0 Å². The summed E-state index contributed by atoms with van der Waals surface area (Å²) in [4.78, 5) is 24.4. The molecule has 1 heterocycles. The van der Waals surface area contributed by atoms with E-state index in [0.29, 0.717) is 35.1 Å². The maximum absolute atomic E-state index is 12.2. The normalized spacial score (nSPS) is 10.5. The molecule has 1 aromatic heterocycles. The fraction of sp³-hybridized carbons (Fsp3) is 0.273. The first-order chi connectivity index (χ1) is 15.5. The van der Waals surface area contributed by atoms with Gasteiger partial charge in [-0.2, -0.15) is 0 Å². The fourth-order valence-corrected chi connectivity index (χ4v) is 3.55. The molecule has 2 N–H and O–H groups in total. The molecular formula is C22H25N5O4S. The number of anilines is 1. The molecular weight excluding hydrogens is 430 g/mol. The smallest absolute Gasteiger partial charge is 0.251 e. The highest BCUT2D eigenvalue weighted by Gasteiger charge is 2.12. The average molecular weight is 456 g/mol. The number of benzene rings is 2. The van der Waals surface area contributed by atoms with Crippen LogP contribution in [-0.4, -0.2) is 53.1 Å². The molecule has 0 aliphatic rings. The first-order valence-corrected chi connectivity index (χ1v) is 10.9. The van der Waals surface area contributed by atoms with Crippen molar-refractivity contribution >= 4 is 29.3 Å². The molecule has 0 aliphatic heterocycles. The molecule has 0 atom stereocenters. The van der Waals surface area contributed by atoms with Crippen molar-refractivity contribution in [3.8, 4) is 11.5 Å². The number of ether oxygens (including phenoxy) is 2. The van der Waals surface area contributed by atoms with Crippen molar-refractivity contribution in [3.05, 3.63) is 59.9 Å². The molecule has 3 aromatic rings. The van der Waals surface area contributed by atoms with Gasteiger partial charge >= 0.3 is 0 Å². The summed E-state index contributed by atoms with van der Waals surface area (Å²) in [6.07, 6.45) is 0.518. The lowest BCUT2D eigenvalue weighted by atomic mass is 10.2. The molecule has 10 heteroatoms. The molecule has 0 radical (unpaired) electrons. The molecule has 9 nitrogen and oxygen atoms in total. The largest absolute Gasteiger partial charge is 0.497 e. The van der Waals surface area contributed by atoms with Crippen LogP contribution in [0.5, 0.6) is 11.5 Å². The molecule has 32 heavy (non-hydrogen) atoms. The first-order valence-electron chi connectivity index (χ1n) is 9.87. The summed E-state index contributed by atoms with van der Waals surface area (Å²) in [6, 6.07) is 14.0. The van der Waals surface area contributed by atoms with E-state index in [1.165, 1.54) is 11.8 Å². The maximum atomic E-state index is 12.2. The van der Waals surface area contributed by atoms with Gasteiger partial charge in [-0.3, -0.25) is 9.59 Å². The van der Waals surface area contributed by atoms with Gasteiger partial charge < -0.3 is 24.7 Å². The molecule has 0 bridgehead atoms. The molecule has 0 aliphatic carbocycles. The third-order valence-corrected chi connectivity index (χ3v) is 5.64. The van der Waals surface area contributed by atoms with Crippen LogP contribution in [0.2, 0.25) is 0 Å². The summed E-state index contributed by atoms with van der Waals surface area (Å²) in [5, 5.41) is 14.6. The summed E-state index contributed by atoms with van der Waals surface area (Å²) in [7, 11) is 5.01. The lowest BCUT2D eigenvalue weighted by Crippen LogP contribution is -2.26. The van der Waals surface area contributed by atoms with E-state index in [0.717, 1.165) is 11.6 Å². The Hall–Kier alpha value is -3.53. The van der Waals surface area contributed by atoms with E-state index in [1.54, 1.807) is 62.8 Å². The Kier molecular flexibility index (Phi) is 8.09. The molecule has 0 unspecified atom stereocenters. The number of carbonyl (C=O) groups excluding carboxylic acids is 2. The van der Waals surface area contributed by atoms with Crippen molar-refractivity contribution < 1.29 is 19.1 Å². The molecule has 168 valence electrons. The Balaban J connectivity index is 1.44. The first kappa shape index (κ1) is 23.1.